The summed E-state index contributed by atoms with van der Waals surface area (Å²) in [6, 6.07) is 14.2. The molecule has 2 fully saturated rings. The van der Waals surface area contributed by atoms with Crippen molar-refractivity contribution < 1.29 is 13.9 Å². The molecule has 1 amide bonds. The van der Waals surface area contributed by atoms with Gasteiger partial charge in [0.2, 0.25) is 5.91 Å². The van der Waals surface area contributed by atoms with Crippen LogP contribution in [0.4, 0.5) is 10.1 Å². The van der Waals surface area contributed by atoms with Crippen molar-refractivity contribution in [2.24, 2.45) is 0 Å². The summed E-state index contributed by atoms with van der Waals surface area (Å²) in [5.74, 6) is -0.377. The molecule has 2 heterocycles. The van der Waals surface area contributed by atoms with Crippen LogP contribution in [0.15, 0.2) is 53.0 Å². The lowest BCUT2D eigenvalue weighted by Gasteiger charge is -2.36. The number of carbonyl (C=O) groups is 1. The minimum atomic E-state index is -0.352. The lowest BCUT2D eigenvalue weighted by molar-refractivity contribution is -0.125. The van der Waals surface area contributed by atoms with E-state index in [9.17, 15) is 9.18 Å². The van der Waals surface area contributed by atoms with Crippen LogP contribution in [-0.2, 0) is 9.53 Å². The molecule has 0 spiro atoms. The van der Waals surface area contributed by atoms with E-state index in [-0.39, 0.29) is 23.9 Å². The fourth-order valence-electron chi connectivity index (χ4n) is 3.79. The fourth-order valence-corrected chi connectivity index (χ4v) is 4.33. The summed E-state index contributed by atoms with van der Waals surface area (Å²) in [4.78, 5) is 16.7. The van der Waals surface area contributed by atoms with Gasteiger partial charge in [0, 0.05) is 24.1 Å². The highest BCUT2D eigenvalue weighted by molar-refractivity contribution is 9.10. The summed E-state index contributed by atoms with van der Waals surface area (Å²) in [5.41, 5.74) is 1.46. The second-order valence-corrected chi connectivity index (χ2v) is 7.48. The van der Waals surface area contributed by atoms with Crippen LogP contribution in [0, 0.1) is 5.82 Å². The Morgan fingerprint density at radius 3 is 2.65 bits per heavy atom. The summed E-state index contributed by atoms with van der Waals surface area (Å²) in [6.45, 7) is 2.49. The molecule has 4 nitrogen and oxygen atoms in total. The van der Waals surface area contributed by atoms with Crippen LogP contribution in [0.3, 0.4) is 0 Å². The molecular formula is C20H20BrFN2O2. The van der Waals surface area contributed by atoms with Crippen LogP contribution in [0.2, 0.25) is 0 Å². The normalized spacial score (nSPS) is 24.2. The van der Waals surface area contributed by atoms with Gasteiger partial charge in [-0.2, -0.15) is 0 Å². The van der Waals surface area contributed by atoms with Gasteiger partial charge in [-0.3, -0.25) is 9.69 Å². The maximum atomic E-state index is 14.1. The third-order valence-electron chi connectivity index (χ3n) is 5.11. The molecular weight excluding hydrogens is 399 g/mol. The van der Waals surface area contributed by atoms with Crippen molar-refractivity contribution in [3.05, 3.63) is 64.4 Å². The van der Waals surface area contributed by atoms with Crippen LogP contribution in [0.5, 0.6) is 0 Å². The van der Waals surface area contributed by atoms with Gasteiger partial charge in [-0.1, -0.05) is 46.3 Å². The molecule has 136 valence electrons. The van der Waals surface area contributed by atoms with E-state index in [2.05, 4.69) is 20.8 Å². The Kier molecular flexibility index (Phi) is 5.07. The van der Waals surface area contributed by atoms with Crippen molar-refractivity contribution in [1.29, 1.82) is 0 Å². The van der Waals surface area contributed by atoms with Crippen molar-refractivity contribution in [1.82, 2.24) is 4.90 Å². The molecule has 0 saturated carbocycles. The average molecular weight is 419 g/mol. The van der Waals surface area contributed by atoms with Gasteiger partial charge in [0.25, 0.3) is 0 Å². The number of hydrogen-bond acceptors (Lipinski definition) is 3. The lowest BCUT2D eigenvalue weighted by atomic mass is 10.1. The predicted molar refractivity (Wildman–Crippen MR) is 102 cm³/mol. The zero-order valence-corrected chi connectivity index (χ0v) is 15.9. The van der Waals surface area contributed by atoms with Gasteiger partial charge in [0.05, 0.1) is 24.4 Å². The van der Waals surface area contributed by atoms with E-state index < -0.39 is 0 Å². The van der Waals surface area contributed by atoms with E-state index in [4.69, 9.17) is 4.74 Å². The van der Waals surface area contributed by atoms with Crippen LogP contribution in [-0.4, -0.2) is 43.1 Å². The molecule has 2 unspecified atom stereocenters. The Hall–Kier alpha value is -1.76. The number of amides is 1. The lowest BCUT2D eigenvalue weighted by Crippen LogP contribution is -2.48. The minimum absolute atomic E-state index is 0.0251. The number of para-hydroxylation sites is 1. The van der Waals surface area contributed by atoms with Crippen molar-refractivity contribution in [2.75, 3.05) is 31.1 Å². The van der Waals surface area contributed by atoms with Crippen LogP contribution >= 0.6 is 15.9 Å². The second kappa shape index (κ2) is 7.47. The average Bonchev–Trinajstić information content (AvgIpc) is 3.04. The van der Waals surface area contributed by atoms with E-state index in [1.54, 1.807) is 23.1 Å². The fraction of sp³-hybridized carbons (Fsp3) is 0.350. The molecule has 2 aromatic rings. The number of rotatable bonds is 3. The molecule has 6 heteroatoms. The molecule has 2 saturated heterocycles. The Balaban J connectivity index is 1.50. The monoisotopic (exact) mass is 418 g/mol. The number of morpholine rings is 1. The quantitative estimate of drug-likeness (QED) is 0.760. The third kappa shape index (κ3) is 3.29. The van der Waals surface area contributed by atoms with E-state index in [1.165, 1.54) is 6.07 Å². The summed E-state index contributed by atoms with van der Waals surface area (Å²) < 4.78 is 21.0. The SMILES string of the molecule is O=C1C(N2CCOC(c3ccccc3Br)C2)CCN1c1ccccc1F. The zero-order valence-electron chi connectivity index (χ0n) is 14.3. The number of carbonyl (C=O) groups excluding carboxylic acids is 1. The molecule has 26 heavy (non-hydrogen) atoms. The summed E-state index contributed by atoms with van der Waals surface area (Å²) in [5, 5.41) is 0. The Morgan fingerprint density at radius 1 is 1.08 bits per heavy atom. The molecule has 2 aliphatic heterocycles. The maximum absolute atomic E-state index is 14.1. The second-order valence-electron chi connectivity index (χ2n) is 6.62. The number of halogens is 2. The number of benzene rings is 2. The molecule has 2 aliphatic rings. The standard InChI is InChI=1S/C20H20BrFN2O2/c21-15-6-2-1-5-14(15)19-13-23(11-12-26-19)18-9-10-24(20(18)25)17-8-4-3-7-16(17)22/h1-8,18-19H,9-13H2. The van der Waals surface area contributed by atoms with Gasteiger partial charge < -0.3 is 9.64 Å². The van der Waals surface area contributed by atoms with Gasteiger partial charge in [-0.25, -0.2) is 4.39 Å². The number of anilines is 1. The molecule has 2 atom stereocenters. The largest absolute Gasteiger partial charge is 0.371 e. The van der Waals surface area contributed by atoms with Crippen LogP contribution < -0.4 is 4.90 Å². The Labute approximate surface area is 160 Å². The molecule has 4 rings (SSSR count). The maximum Gasteiger partial charge on any atom is 0.244 e. The van der Waals surface area contributed by atoms with E-state index in [0.29, 0.717) is 38.3 Å². The van der Waals surface area contributed by atoms with Crippen molar-refractivity contribution in [3.8, 4) is 0 Å². The first-order chi connectivity index (χ1) is 12.6. The van der Waals surface area contributed by atoms with E-state index in [1.807, 2.05) is 24.3 Å². The summed E-state index contributed by atoms with van der Waals surface area (Å²) >= 11 is 3.58. The highest BCUT2D eigenvalue weighted by Crippen LogP contribution is 2.32. The number of ether oxygens (including phenoxy) is 1. The van der Waals surface area contributed by atoms with Gasteiger partial charge in [-0.05, 0) is 30.2 Å². The number of nitrogens with zero attached hydrogens (tertiary/aromatic N) is 2. The van der Waals surface area contributed by atoms with Crippen LogP contribution in [0.25, 0.3) is 0 Å². The Bertz CT molecular complexity index is 816. The highest BCUT2D eigenvalue weighted by atomic mass is 79.9. The molecule has 0 aliphatic carbocycles. The van der Waals surface area contributed by atoms with Gasteiger partial charge >= 0.3 is 0 Å². The molecule has 0 aromatic heterocycles. The predicted octanol–water partition coefficient (Wildman–Crippen LogP) is 3.77. The topological polar surface area (TPSA) is 32.8 Å². The first-order valence-corrected chi connectivity index (χ1v) is 9.60. The number of hydrogen-bond donors (Lipinski definition) is 0. The van der Waals surface area contributed by atoms with E-state index >= 15 is 0 Å². The van der Waals surface area contributed by atoms with Crippen molar-refractivity contribution >= 4 is 27.5 Å². The molecule has 2 aromatic carbocycles. The summed E-state index contributed by atoms with van der Waals surface area (Å²) in [6.07, 6.45) is 0.630. The van der Waals surface area contributed by atoms with E-state index in [0.717, 1.165) is 10.0 Å². The first kappa shape index (κ1) is 17.6. The summed E-state index contributed by atoms with van der Waals surface area (Å²) in [7, 11) is 0. The van der Waals surface area contributed by atoms with Crippen molar-refractivity contribution in [3.63, 3.8) is 0 Å². The van der Waals surface area contributed by atoms with Crippen molar-refractivity contribution in [2.45, 2.75) is 18.6 Å². The van der Waals surface area contributed by atoms with Crippen LogP contribution in [0.1, 0.15) is 18.1 Å². The first-order valence-electron chi connectivity index (χ1n) is 8.81. The molecule has 0 bridgehead atoms. The zero-order chi connectivity index (χ0) is 18.1. The van der Waals surface area contributed by atoms with Gasteiger partial charge in [0.1, 0.15) is 5.82 Å². The smallest absolute Gasteiger partial charge is 0.244 e. The highest BCUT2D eigenvalue weighted by Gasteiger charge is 2.39. The molecule has 0 N–H and O–H groups in total. The van der Waals surface area contributed by atoms with Gasteiger partial charge in [-0.15, -0.1) is 0 Å². The van der Waals surface area contributed by atoms with Gasteiger partial charge in [0.15, 0.2) is 0 Å². The minimum Gasteiger partial charge on any atom is -0.371 e. The Morgan fingerprint density at radius 2 is 1.85 bits per heavy atom. The molecule has 0 radical (unpaired) electrons. The third-order valence-corrected chi connectivity index (χ3v) is 5.83.